The molecule has 2 N–H and O–H groups in total. The maximum atomic E-state index is 13.6. The summed E-state index contributed by atoms with van der Waals surface area (Å²) in [4.78, 5) is 17.0. The van der Waals surface area contributed by atoms with Crippen molar-refractivity contribution in [2.45, 2.75) is 45.2 Å². The van der Waals surface area contributed by atoms with Crippen LogP contribution in [0.5, 0.6) is 0 Å². The number of nitrogens with two attached hydrogens (primary N) is 1. The van der Waals surface area contributed by atoms with Crippen LogP contribution in [-0.4, -0.2) is 48.1 Å². The van der Waals surface area contributed by atoms with Crippen molar-refractivity contribution in [1.29, 1.82) is 0 Å². The van der Waals surface area contributed by atoms with E-state index in [1.807, 2.05) is 0 Å². The van der Waals surface area contributed by atoms with Crippen LogP contribution < -0.4 is 5.73 Å². The van der Waals surface area contributed by atoms with Gasteiger partial charge in [0.15, 0.2) is 0 Å². The van der Waals surface area contributed by atoms with Gasteiger partial charge in [-0.15, -0.1) is 12.4 Å². The Labute approximate surface area is 196 Å². The third-order valence-corrected chi connectivity index (χ3v) is 6.48. The van der Waals surface area contributed by atoms with Crippen LogP contribution in [0, 0.1) is 17.6 Å². The number of carbonyl (C=O) groups excluding carboxylic acids is 1. The summed E-state index contributed by atoms with van der Waals surface area (Å²) in [7, 11) is 0. The fourth-order valence-electron chi connectivity index (χ4n) is 4.67. The van der Waals surface area contributed by atoms with E-state index in [4.69, 9.17) is 5.73 Å². The lowest BCUT2D eigenvalue weighted by Gasteiger charge is -2.43. The summed E-state index contributed by atoms with van der Waals surface area (Å²) in [6.07, 6.45) is 1.70. The molecule has 2 atom stereocenters. The predicted octanol–water partition coefficient (Wildman–Crippen LogP) is 4.77. The zero-order valence-corrected chi connectivity index (χ0v) is 19.7. The van der Waals surface area contributed by atoms with E-state index < -0.39 is 6.17 Å². The lowest BCUT2D eigenvalue weighted by molar-refractivity contribution is -0.136. The second-order valence-electron chi connectivity index (χ2n) is 8.24. The molecule has 0 bridgehead atoms. The van der Waals surface area contributed by atoms with Crippen molar-refractivity contribution >= 4 is 18.3 Å². The average molecular weight is 466 g/mol. The highest BCUT2D eigenvalue weighted by Gasteiger charge is 2.37. The van der Waals surface area contributed by atoms with E-state index in [0.29, 0.717) is 13.0 Å². The molecule has 2 aromatic rings. The highest BCUT2D eigenvalue weighted by atomic mass is 35.5. The second kappa shape index (κ2) is 12.3. The number of halogens is 3. The van der Waals surface area contributed by atoms with Gasteiger partial charge in [-0.05, 0) is 61.3 Å². The van der Waals surface area contributed by atoms with Gasteiger partial charge in [0.25, 0.3) is 0 Å². The van der Waals surface area contributed by atoms with Gasteiger partial charge in [0.05, 0.1) is 6.17 Å². The molecule has 1 fully saturated rings. The van der Waals surface area contributed by atoms with Crippen molar-refractivity contribution in [1.82, 2.24) is 9.80 Å². The number of hydrogen-bond acceptors (Lipinski definition) is 3. The Morgan fingerprint density at radius 2 is 1.53 bits per heavy atom. The molecule has 3 rings (SSSR count). The van der Waals surface area contributed by atoms with Crippen molar-refractivity contribution in [2.75, 3.05) is 26.2 Å². The van der Waals surface area contributed by atoms with E-state index in [0.717, 1.165) is 43.6 Å². The Morgan fingerprint density at radius 1 is 1.03 bits per heavy atom. The van der Waals surface area contributed by atoms with Gasteiger partial charge in [0, 0.05) is 31.3 Å². The third-order valence-electron chi connectivity index (χ3n) is 6.48. The largest absolute Gasteiger partial charge is 0.327 e. The molecule has 1 aliphatic rings. The molecule has 1 saturated heterocycles. The van der Waals surface area contributed by atoms with Crippen LogP contribution in [-0.2, 0) is 4.79 Å². The first-order chi connectivity index (χ1) is 14.9. The first-order valence-corrected chi connectivity index (χ1v) is 11.2. The van der Waals surface area contributed by atoms with Crippen LogP contribution >= 0.6 is 12.4 Å². The average Bonchev–Trinajstić information content (AvgIpc) is 2.78. The molecular weight excluding hydrogens is 432 g/mol. The predicted molar refractivity (Wildman–Crippen MR) is 127 cm³/mol. The van der Waals surface area contributed by atoms with Gasteiger partial charge in [-0.1, -0.05) is 38.1 Å². The number of carbonyl (C=O) groups is 1. The van der Waals surface area contributed by atoms with Crippen LogP contribution in [0.3, 0.4) is 0 Å². The molecule has 0 spiro atoms. The number of rotatable bonds is 8. The molecule has 0 radical (unpaired) electrons. The van der Waals surface area contributed by atoms with Crippen molar-refractivity contribution in [3.63, 3.8) is 0 Å². The van der Waals surface area contributed by atoms with Gasteiger partial charge >= 0.3 is 0 Å². The first kappa shape index (κ1) is 26.2. The molecule has 2 unspecified atom stereocenters. The summed E-state index contributed by atoms with van der Waals surface area (Å²) in [6, 6.07) is 12.8. The summed E-state index contributed by atoms with van der Waals surface area (Å²) in [5.74, 6) is -0.719. The molecule has 7 heteroatoms. The van der Waals surface area contributed by atoms with Gasteiger partial charge in [0.1, 0.15) is 11.6 Å². The van der Waals surface area contributed by atoms with E-state index in [-0.39, 0.29) is 41.8 Å². The number of hydrogen-bond donors (Lipinski definition) is 1. The third kappa shape index (κ3) is 6.27. The van der Waals surface area contributed by atoms with E-state index in [1.165, 1.54) is 24.3 Å². The molecule has 1 heterocycles. The Bertz CT molecular complexity index is 798. The van der Waals surface area contributed by atoms with Gasteiger partial charge in [0.2, 0.25) is 5.91 Å². The first-order valence-electron chi connectivity index (χ1n) is 11.2. The van der Waals surface area contributed by atoms with Crippen LogP contribution in [0.4, 0.5) is 8.78 Å². The van der Waals surface area contributed by atoms with Crippen LogP contribution in [0.2, 0.25) is 0 Å². The van der Waals surface area contributed by atoms with Crippen molar-refractivity contribution in [3.8, 4) is 0 Å². The smallest absolute Gasteiger partial charge is 0.225 e. The molecule has 0 aliphatic carbocycles. The van der Waals surface area contributed by atoms with Gasteiger partial charge in [-0.2, -0.15) is 0 Å². The topological polar surface area (TPSA) is 49.6 Å². The molecule has 4 nitrogen and oxygen atoms in total. The molecule has 1 amide bonds. The minimum Gasteiger partial charge on any atom is -0.327 e. The highest BCUT2D eigenvalue weighted by Crippen LogP contribution is 2.39. The Morgan fingerprint density at radius 3 is 2.00 bits per heavy atom. The lowest BCUT2D eigenvalue weighted by Crippen LogP contribution is -2.55. The maximum absolute atomic E-state index is 13.6. The SMILES string of the molecule is CCN(CC)CCC(=O)N1CCCC(C(c2ccc(F)cc2)c2ccc(F)cc2)C1N.Cl. The van der Waals surface area contributed by atoms with Crippen LogP contribution in [0.15, 0.2) is 48.5 Å². The van der Waals surface area contributed by atoms with Crippen molar-refractivity contribution < 1.29 is 13.6 Å². The Balaban J connectivity index is 0.00000363. The molecule has 0 aromatic heterocycles. The second-order valence-corrected chi connectivity index (χ2v) is 8.24. The standard InChI is InChI=1S/C25H33F2N3O.ClH/c1-3-29(4-2)17-15-23(31)30-16-5-6-22(25(30)28)24(18-7-11-20(26)12-8-18)19-9-13-21(27)14-10-19;/h7-14,22,24-25H,3-6,15-17,28H2,1-2H3;1H. The molecular formula is C25H34ClF2N3O. The fraction of sp³-hybridized carbons (Fsp3) is 0.480. The van der Waals surface area contributed by atoms with Crippen LogP contribution in [0.25, 0.3) is 0 Å². The van der Waals surface area contributed by atoms with E-state index >= 15 is 0 Å². The number of nitrogens with zero attached hydrogens (tertiary/aromatic N) is 2. The molecule has 0 saturated carbocycles. The summed E-state index contributed by atoms with van der Waals surface area (Å²) in [5, 5.41) is 0. The zero-order chi connectivity index (χ0) is 22.4. The molecule has 176 valence electrons. The Hall–Kier alpha value is -2.02. The summed E-state index contributed by atoms with van der Waals surface area (Å²) in [6.45, 7) is 7.37. The molecule has 32 heavy (non-hydrogen) atoms. The summed E-state index contributed by atoms with van der Waals surface area (Å²) in [5.41, 5.74) is 8.52. The maximum Gasteiger partial charge on any atom is 0.225 e. The molecule has 1 aliphatic heterocycles. The quantitative estimate of drug-likeness (QED) is 0.610. The number of amides is 1. The summed E-state index contributed by atoms with van der Waals surface area (Å²) >= 11 is 0. The van der Waals surface area contributed by atoms with E-state index in [2.05, 4.69) is 18.7 Å². The number of benzene rings is 2. The lowest BCUT2D eigenvalue weighted by atomic mass is 9.75. The minimum absolute atomic E-state index is 0. The van der Waals surface area contributed by atoms with Gasteiger partial charge in [-0.25, -0.2) is 8.78 Å². The number of likely N-dealkylation sites (tertiary alicyclic amines) is 1. The number of piperidine rings is 1. The van der Waals surface area contributed by atoms with E-state index in [9.17, 15) is 13.6 Å². The highest BCUT2D eigenvalue weighted by molar-refractivity contribution is 5.85. The minimum atomic E-state index is -0.446. The Kier molecular flexibility index (Phi) is 10.1. The monoisotopic (exact) mass is 465 g/mol. The van der Waals surface area contributed by atoms with Crippen LogP contribution in [0.1, 0.15) is 50.2 Å². The van der Waals surface area contributed by atoms with Gasteiger partial charge in [-0.3, -0.25) is 4.79 Å². The zero-order valence-electron chi connectivity index (χ0n) is 18.8. The van der Waals surface area contributed by atoms with Gasteiger partial charge < -0.3 is 15.5 Å². The van der Waals surface area contributed by atoms with Crippen molar-refractivity contribution in [3.05, 3.63) is 71.3 Å². The van der Waals surface area contributed by atoms with Crippen molar-refractivity contribution in [2.24, 2.45) is 11.7 Å². The summed E-state index contributed by atoms with van der Waals surface area (Å²) < 4.78 is 27.1. The normalized spacial score (nSPS) is 18.7. The van der Waals surface area contributed by atoms with E-state index in [1.54, 1.807) is 29.2 Å². The molecule has 2 aromatic carbocycles. The fourth-order valence-corrected chi connectivity index (χ4v) is 4.67.